The van der Waals surface area contributed by atoms with E-state index in [9.17, 15) is 9.59 Å². The van der Waals surface area contributed by atoms with Crippen LogP contribution >= 0.6 is 0 Å². The molecule has 0 aliphatic rings. The fourth-order valence-electron chi connectivity index (χ4n) is 2.71. The number of carboxylic acid groups (broad SMARTS) is 1. The van der Waals surface area contributed by atoms with Gasteiger partial charge in [0.05, 0.1) is 31.6 Å². The molecule has 1 atom stereocenters. The van der Waals surface area contributed by atoms with Gasteiger partial charge in [-0.2, -0.15) is 0 Å². The summed E-state index contributed by atoms with van der Waals surface area (Å²) in [6.07, 6.45) is 13.0. The lowest BCUT2D eigenvalue weighted by Gasteiger charge is -2.28. The summed E-state index contributed by atoms with van der Waals surface area (Å²) in [6, 6.07) is 0. The van der Waals surface area contributed by atoms with Gasteiger partial charge in [0.1, 0.15) is 6.54 Å². The maximum atomic E-state index is 12.1. The molecule has 0 aromatic heterocycles. The first-order valence-corrected chi connectivity index (χ1v) is 9.89. The van der Waals surface area contributed by atoms with E-state index in [0.29, 0.717) is 6.42 Å². The van der Waals surface area contributed by atoms with Crippen molar-refractivity contribution in [3.63, 3.8) is 0 Å². The number of hydrogen-bond acceptors (Lipinski definition) is 3. The highest BCUT2D eigenvalue weighted by atomic mass is 16.5. The van der Waals surface area contributed by atoms with Crippen LogP contribution in [0.1, 0.15) is 81.7 Å². The van der Waals surface area contributed by atoms with Crippen LogP contribution in [0.15, 0.2) is 12.2 Å². The van der Waals surface area contributed by atoms with Crippen molar-refractivity contribution in [3.05, 3.63) is 12.2 Å². The van der Waals surface area contributed by atoms with Crippen molar-refractivity contribution in [1.29, 1.82) is 0 Å². The number of ether oxygens (including phenoxy) is 1. The Hall–Kier alpha value is -1.36. The van der Waals surface area contributed by atoms with Gasteiger partial charge >= 0.3 is 11.9 Å². The second-order valence-corrected chi connectivity index (χ2v) is 7.50. The molecule has 0 aliphatic carbocycles. The number of unbranched alkanes of at least 4 members (excludes halogenated alkanes) is 7. The van der Waals surface area contributed by atoms with Gasteiger partial charge in [-0.05, 0) is 25.7 Å². The third-order valence-corrected chi connectivity index (χ3v) is 4.00. The molecule has 0 radical (unpaired) electrons. The van der Waals surface area contributed by atoms with Crippen LogP contribution < -0.4 is 0 Å². The van der Waals surface area contributed by atoms with Gasteiger partial charge in [0, 0.05) is 6.42 Å². The van der Waals surface area contributed by atoms with Crippen molar-refractivity contribution in [2.45, 2.75) is 83.7 Å². The molecule has 1 N–H and O–H groups in total. The summed E-state index contributed by atoms with van der Waals surface area (Å²) in [5, 5.41) is 9.03. The molecule has 0 saturated heterocycles. The summed E-state index contributed by atoms with van der Waals surface area (Å²) in [7, 11) is 2.96. The highest BCUT2D eigenvalue weighted by Gasteiger charge is 2.24. The van der Waals surface area contributed by atoms with Crippen LogP contribution in [0.2, 0.25) is 0 Å². The SMILES string of the molecule is [2H]C([2H])([2H])[N+](C)(C)C[C@@H](CC(=O)O)OC(=O)CCCCCCC/C=C\CCCC. The predicted octanol–water partition coefficient (Wildman–Crippen LogP) is 4.56. The van der Waals surface area contributed by atoms with E-state index in [2.05, 4.69) is 19.1 Å². The van der Waals surface area contributed by atoms with Crippen LogP contribution in [0.4, 0.5) is 0 Å². The summed E-state index contributed by atoms with van der Waals surface area (Å²) >= 11 is 0. The van der Waals surface area contributed by atoms with Gasteiger partial charge in [-0.1, -0.05) is 51.2 Å². The Labute approximate surface area is 164 Å². The van der Waals surface area contributed by atoms with Gasteiger partial charge in [0.25, 0.3) is 0 Å². The lowest BCUT2D eigenvalue weighted by Crippen LogP contribution is -2.43. The molecule has 152 valence electrons. The molecule has 5 heteroatoms. The Kier molecular flexibility index (Phi) is 11.0. The summed E-state index contributed by atoms with van der Waals surface area (Å²) in [5.41, 5.74) is 0. The highest BCUT2D eigenvalue weighted by Crippen LogP contribution is 2.11. The molecular formula is C21H40NO4+. The van der Waals surface area contributed by atoms with E-state index in [0.717, 1.165) is 38.5 Å². The third kappa shape index (κ3) is 17.5. The minimum Gasteiger partial charge on any atom is -0.481 e. The Balaban J connectivity index is 4.11. The molecule has 5 nitrogen and oxygen atoms in total. The highest BCUT2D eigenvalue weighted by molar-refractivity contribution is 5.71. The van der Waals surface area contributed by atoms with E-state index in [1.165, 1.54) is 26.9 Å². The normalized spacial score (nSPS) is 15.3. The molecule has 0 spiro atoms. The minimum atomic E-state index is -2.31. The molecule has 0 saturated carbocycles. The largest absolute Gasteiger partial charge is 0.481 e. The zero-order valence-electron chi connectivity index (χ0n) is 19.8. The number of nitrogens with zero attached hydrogens (tertiary/aromatic N) is 1. The topological polar surface area (TPSA) is 63.6 Å². The number of aliphatic carboxylic acids is 1. The maximum absolute atomic E-state index is 12.1. The number of likely N-dealkylation sites (N-methyl/N-ethyl adjacent to an activating group) is 1. The quantitative estimate of drug-likeness (QED) is 0.186. The Morgan fingerprint density at radius 3 is 2.31 bits per heavy atom. The van der Waals surface area contributed by atoms with Gasteiger partial charge < -0.3 is 14.3 Å². The fourth-order valence-corrected chi connectivity index (χ4v) is 2.71. The Morgan fingerprint density at radius 2 is 1.69 bits per heavy atom. The first-order valence-electron chi connectivity index (χ1n) is 11.4. The Bertz CT molecular complexity index is 505. The number of quaternary nitrogens is 1. The first kappa shape index (κ1) is 19.4. The van der Waals surface area contributed by atoms with E-state index in [1.807, 2.05) is 0 Å². The van der Waals surface area contributed by atoms with Crippen LogP contribution in [0.5, 0.6) is 0 Å². The van der Waals surface area contributed by atoms with Gasteiger partial charge in [-0.3, -0.25) is 9.59 Å². The van der Waals surface area contributed by atoms with Crippen LogP contribution in [-0.4, -0.2) is 55.2 Å². The van der Waals surface area contributed by atoms with Crippen molar-refractivity contribution >= 4 is 11.9 Å². The zero-order valence-corrected chi connectivity index (χ0v) is 16.8. The molecule has 0 rings (SSSR count). The maximum Gasteiger partial charge on any atom is 0.307 e. The number of carbonyl (C=O) groups excluding carboxylic acids is 1. The van der Waals surface area contributed by atoms with Crippen LogP contribution in [-0.2, 0) is 14.3 Å². The standard InChI is InChI=1S/C21H39NO4/c1-5-6-7-8-9-10-11-12-13-14-15-16-21(25)26-19(17-20(23)24)18-22(2,3)4/h8-9,19H,5-7,10-18H2,1-4H3/p+1/b9-8-/t19-/m1/s1/i2D3. The monoisotopic (exact) mass is 373 g/mol. The number of allylic oxidation sites excluding steroid dienone is 2. The molecule has 0 fully saturated rings. The van der Waals surface area contributed by atoms with Crippen molar-refractivity contribution < 1.29 is 28.0 Å². The van der Waals surface area contributed by atoms with Gasteiger partial charge in [-0.15, -0.1) is 0 Å². The first-order chi connectivity index (χ1) is 13.5. The number of carboxylic acids is 1. The molecule has 0 heterocycles. The third-order valence-electron chi connectivity index (χ3n) is 4.00. The van der Waals surface area contributed by atoms with Gasteiger partial charge in [0.15, 0.2) is 6.10 Å². The van der Waals surface area contributed by atoms with Crippen molar-refractivity contribution in [1.82, 2.24) is 0 Å². The average Bonchev–Trinajstić information content (AvgIpc) is 2.57. The molecule has 0 unspecified atom stereocenters. The summed E-state index contributed by atoms with van der Waals surface area (Å²) in [4.78, 5) is 23.1. The molecule has 0 bridgehead atoms. The minimum absolute atomic E-state index is 0.0691. The molecular weight excluding hydrogens is 330 g/mol. The van der Waals surface area contributed by atoms with E-state index in [4.69, 9.17) is 14.0 Å². The lowest BCUT2D eigenvalue weighted by atomic mass is 10.1. The van der Waals surface area contributed by atoms with Gasteiger partial charge in [0.2, 0.25) is 0 Å². The molecule has 0 aromatic carbocycles. The summed E-state index contributed by atoms with van der Waals surface area (Å²) in [6.45, 7) is -0.193. The van der Waals surface area contributed by atoms with Crippen LogP contribution in [0, 0.1) is 0 Å². The van der Waals surface area contributed by atoms with Crippen molar-refractivity contribution in [2.75, 3.05) is 27.6 Å². The Morgan fingerprint density at radius 1 is 1.08 bits per heavy atom. The van der Waals surface area contributed by atoms with E-state index in [1.54, 1.807) is 0 Å². The fraction of sp³-hybridized carbons (Fsp3) is 0.810. The van der Waals surface area contributed by atoms with E-state index >= 15 is 0 Å². The second kappa shape index (κ2) is 14.8. The van der Waals surface area contributed by atoms with E-state index < -0.39 is 35.9 Å². The number of esters is 1. The smallest absolute Gasteiger partial charge is 0.307 e. The molecule has 26 heavy (non-hydrogen) atoms. The zero-order chi connectivity index (χ0) is 22.3. The van der Waals surface area contributed by atoms with Crippen LogP contribution in [0.25, 0.3) is 0 Å². The number of hydrogen-bond donors (Lipinski definition) is 1. The molecule has 0 aliphatic heterocycles. The summed E-state index contributed by atoms with van der Waals surface area (Å²) in [5.74, 6) is -1.57. The van der Waals surface area contributed by atoms with Crippen molar-refractivity contribution in [2.24, 2.45) is 0 Å². The summed E-state index contributed by atoms with van der Waals surface area (Å²) < 4.78 is 27.5. The molecule has 0 aromatic rings. The van der Waals surface area contributed by atoms with E-state index in [-0.39, 0.29) is 13.0 Å². The number of rotatable bonds is 16. The second-order valence-electron chi connectivity index (χ2n) is 7.50. The molecule has 0 amide bonds. The number of carbonyl (C=O) groups is 2. The van der Waals surface area contributed by atoms with Crippen LogP contribution in [0.3, 0.4) is 0 Å². The van der Waals surface area contributed by atoms with Crippen molar-refractivity contribution in [3.8, 4) is 0 Å². The average molecular weight is 374 g/mol. The predicted molar refractivity (Wildman–Crippen MR) is 106 cm³/mol. The van der Waals surface area contributed by atoms with Gasteiger partial charge in [-0.25, -0.2) is 0 Å². The lowest BCUT2D eigenvalue weighted by molar-refractivity contribution is -0.873.